The number of aromatic nitrogens is 3. The third-order valence-electron chi connectivity index (χ3n) is 4.14. The van der Waals surface area contributed by atoms with E-state index in [1.165, 1.54) is 12.1 Å². The van der Waals surface area contributed by atoms with Crippen molar-refractivity contribution in [3.63, 3.8) is 0 Å². The van der Waals surface area contributed by atoms with Gasteiger partial charge in [0.05, 0.1) is 19.7 Å². The molecular weight excluding hydrogens is 349 g/mol. The Morgan fingerprint density at radius 1 is 1.15 bits per heavy atom. The van der Waals surface area contributed by atoms with Crippen molar-refractivity contribution in [2.24, 2.45) is 7.05 Å². The minimum absolute atomic E-state index is 0.237. The number of amides is 2. The number of hydrogen-bond donors (Lipinski definition) is 2. The molecule has 8 heteroatoms. The molecule has 2 amide bonds. The van der Waals surface area contributed by atoms with Crippen LogP contribution in [0.1, 0.15) is 23.0 Å². The van der Waals surface area contributed by atoms with Crippen LogP contribution < -0.4 is 15.4 Å². The van der Waals surface area contributed by atoms with Gasteiger partial charge in [0.1, 0.15) is 17.9 Å². The SMILES string of the molecule is COc1ccc([C@@H](NC(=O)NCc2nncn2C)c2ccc(F)cc2)cc1. The predicted molar refractivity (Wildman–Crippen MR) is 97.6 cm³/mol. The van der Waals surface area contributed by atoms with E-state index >= 15 is 0 Å². The van der Waals surface area contributed by atoms with Crippen molar-refractivity contribution < 1.29 is 13.9 Å². The molecule has 0 bridgehead atoms. The van der Waals surface area contributed by atoms with Crippen LogP contribution in [0.2, 0.25) is 0 Å². The summed E-state index contributed by atoms with van der Waals surface area (Å²) < 4.78 is 20.2. The number of aryl methyl sites for hydroxylation is 1. The van der Waals surface area contributed by atoms with Gasteiger partial charge in [0.25, 0.3) is 0 Å². The van der Waals surface area contributed by atoms with Crippen LogP contribution in [-0.4, -0.2) is 27.9 Å². The summed E-state index contributed by atoms with van der Waals surface area (Å²) in [4.78, 5) is 12.4. The number of halogens is 1. The highest BCUT2D eigenvalue weighted by Gasteiger charge is 2.17. The summed E-state index contributed by atoms with van der Waals surface area (Å²) in [7, 11) is 3.39. The highest BCUT2D eigenvalue weighted by molar-refractivity contribution is 5.75. The molecule has 3 aromatic rings. The molecule has 27 heavy (non-hydrogen) atoms. The molecule has 1 atom stereocenters. The number of nitrogens with one attached hydrogen (secondary N) is 2. The van der Waals surface area contributed by atoms with Crippen LogP contribution in [-0.2, 0) is 13.6 Å². The summed E-state index contributed by atoms with van der Waals surface area (Å²) in [5.41, 5.74) is 1.60. The number of nitrogens with zero attached hydrogens (tertiary/aromatic N) is 3. The molecule has 2 N–H and O–H groups in total. The van der Waals surface area contributed by atoms with E-state index in [-0.39, 0.29) is 18.4 Å². The van der Waals surface area contributed by atoms with Gasteiger partial charge < -0.3 is 19.9 Å². The fraction of sp³-hybridized carbons (Fsp3) is 0.211. The first-order valence-corrected chi connectivity index (χ1v) is 8.33. The van der Waals surface area contributed by atoms with Gasteiger partial charge in [-0.15, -0.1) is 10.2 Å². The van der Waals surface area contributed by atoms with Crippen LogP contribution in [0.25, 0.3) is 0 Å². The Labute approximate surface area is 156 Å². The van der Waals surface area contributed by atoms with Crippen LogP contribution in [0.15, 0.2) is 54.9 Å². The molecule has 140 valence electrons. The minimum Gasteiger partial charge on any atom is -0.497 e. The molecule has 0 fully saturated rings. The van der Waals surface area contributed by atoms with Gasteiger partial charge in [-0.05, 0) is 35.4 Å². The van der Waals surface area contributed by atoms with E-state index in [1.807, 2.05) is 24.3 Å². The number of methoxy groups -OCH3 is 1. The number of rotatable bonds is 6. The van der Waals surface area contributed by atoms with E-state index in [0.717, 1.165) is 11.1 Å². The van der Waals surface area contributed by atoms with E-state index < -0.39 is 6.04 Å². The highest BCUT2D eigenvalue weighted by atomic mass is 19.1. The molecule has 0 aliphatic rings. The first-order valence-electron chi connectivity index (χ1n) is 8.33. The Hall–Kier alpha value is -3.42. The number of carbonyl (C=O) groups excluding carboxylic acids is 1. The lowest BCUT2D eigenvalue weighted by Crippen LogP contribution is -2.38. The van der Waals surface area contributed by atoms with E-state index in [1.54, 1.807) is 37.2 Å². The molecule has 0 saturated heterocycles. The monoisotopic (exact) mass is 369 g/mol. The second kappa shape index (κ2) is 8.31. The van der Waals surface area contributed by atoms with Crippen LogP contribution in [0.5, 0.6) is 5.75 Å². The zero-order chi connectivity index (χ0) is 19.2. The molecule has 1 aromatic heterocycles. The minimum atomic E-state index is -0.448. The Morgan fingerprint density at radius 2 is 1.78 bits per heavy atom. The summed E-state index contributed by atoms with van der Waals surface area (Å²) in [6.45, 7) is 0.237. The van der Waals surface area contributed by atoms with Gasteiger partial charge >= 0.3 is 6.03 Å². The molecule has 1 heterocycles. The second-order valence-electron chi connectivity index (χ2n) is 5.94. The molecular formula is C19H20FN5O2. The van der Waals surface area contributed by atoms with Gasteiger partial charge in [-0.1, -0.05) is 24.3 Å². The van der Waals surface area contributed by atoms with Crippen LogP contribution in [0, 0.1) is 5.82 Å². The molecule has 0 radical (unpaired) electrons. The Bertz CT molecular complexity index is 893. The zero-order valence-electron chi connectivity index (χ0n) is 15.0. The topological polar surface area (TPSA) is 81.1 Å². The average Bonchev–Trinajstić information content (AvgIpc) is 3.10. The van der Waals surface area contributed by atoms with Crippen LogP contribution in [0.4, 0.5) is 9.18 Å². The Balaban J connectivity index is 1.77. The van der Waals surface area contributed by atoms with Crippen LogP contribution >= 0.6 is 0 Å². The standard InChI is InChI=1S/C19H20FN5O2/c1-25-12-22-24-17(25)11-21-19(26)23-18(13-3-7-15(20)8-4-13)14-5-9-16(27-2)10-6-14/h3-10,12,18H,11H2,1-2H3,(H2,21,23,26)/t18-/m0/s1. The van der Waals surface area contributed by atoms with E-state index in [2.05, 4.69) is 20.8 Å². The Morgan fingerprint density at radius 3 is 2.33 bits per heavy atom. The lowest BCUT2D eigenvalue weighted by atomic mass is 9.98. The molecule has 7 nitrogen and oxygen atoms in total. The molecule has 0 unspecified atom stereocenters. The molecule has 2 aromatic carbocycles. The van der Waals surface area contributed by atoms with E-state index in [0.29, 0.717) is 11.6 Å². The van der Waals surface area contributed by atoms with E-state index in [9.17, 15) is 9.18 Å². The first kappa shape index (κ1) is 18.4. The maximum atomic E-state index is 13.3. The van der Waals surface area contributed by atoms with Crippen molar-refractivity contribution >= 4 is 6.03 Å². The molecule has 0 aliphatic heterocycles. The van der Waals surface area contributed by atoms with Crippen molar-refractivity contribution in [3.8, 4) is 5.75 Å². The number of hydrogen-bond acceptors (Lipinski definition) is 4. The fourth-order valence-electron chi connectivity index (χ4n) is 2.62. The summed E-state index contributed by atoms with van der Waals surface area (Å²) in [5, 5.41) is 13.4. The third kappa shape index (κ3) is 4.60. The van der Waals surface area contributed by atoms with Crippen molar-refractivity contribution in [1.29, 1.82) is 0 Å². The number of carbonyl (C=O) groups is 1. The normalized spacial score (nSPS) is 11.7. The quantitative estimate of drug-likeness (QED) is 0.700. The van der Waals surface area contributed by atoms with Gasteiger partial charge in [0.15, 0.2) is 5.82 Å². The molecule has 0 spiro atoms. The smallest absolute Gasteiger partial charge is 0.315 e. The van der Waals surface area contributed by atoms with Gasteiger partial charge in [-0.25, -0.2) is 9.18 Å². The van der Waals surface area contributed by atoms with Gasteiger partial charge in [-0.3, -0.25) is 0 Å². The zero-order valence-corrected chi connectivity index (χ0v) is 15.0. The predicted octanol–water partition coefficient (Wildman–Crippen LogP) is 2.55. The van der Waals surface area contributed by atoms with Gasteiger partial charge in [-0.2, -0.15) is 0 Å². The summed E-state index contributed by atoms with van der Waals surface area (Å²) in [6, 6.07) is 12.5. The molecule has 3 rings (SSSR count). The summed E-state index contributed by atoms with van der Waals surface area (Å²) in [6.07, 6.45) is 1.56. The van der Waals surface area contributed by atoms with Crippen molar-refractivity contribution in [2.75, 3.05) is 7.11 Å². The largest absolute Gasteiger partial charge is 0.497 e. The highest BCUT2D eigenvalue weighted by Crippen LogP contribution is 2.24. The fourth-order valence-corrected chi connectivity index (χ4v) is 2.62. The number of urea groups is 1. The van der Waals surface area contributed by atoms with Crippen molar-refractivity contribution in [1.82, 2.24) is 25.4 Å². The van der Waals surface area contributed by atoms with E-state index in [4.69, 9.17) is 4.74 Å². The lowest BCUT2D eigenvalue weighted by Gasteiger charge is -2.20. The number of ether oxygens (including phenoxy) is 1. The maximum absolute atomic E-state index is 13.3. The summed E-state index contributed by atoms with van der Waals surface area (Å²) in [5.74, 6) is 1.01. The molecule has 0 saturated carbocycles. The summed E-state index contributed by atoms with van der Waals surface area (Å²) >= 11 is 0. The van der Waals surface area contributed by atoms with Crippen molar-refractivity contribution in [3.05, 3.63) is 77.6 Å². The third-order valence-corrected chi connectivity index (χ3v) is 4.14. The number of benzene rings is 2. The van der Waals surface area contributed by atoms with Gasteiger partial charge in [0, 0.05) is 7.05 Å². The molecule has 0 aliphatic carbocycles. The Kier molecular flexibility index (Phi) is 5.65. The average molecular weight is 369 g/mol. The van der Waals surface area contributed by atoms with Gasteiger partial charge in [0.2, 0.25) is 0 Å². The second-order valence-corrected chi connectivity index (χ2v) is 5.94. The van der Waals surface area contributed by atoms with Crippen LogP contribution in [0.3, 0.4) is 0 Å². The maximum Gasteiger partial charge on any atom is 0.315 e. The first-order chi connectivity index (χ1) is 13.1. The van der Waals surface area contributed by atoms with Crippen molar-refractivity contribution in [2.45, 2.75) is 12.6 Å². The lowest BCUT2D eigenvalue weighted by molar-refractivity contribution is 0.238.